The van der Waals surface area contributed by atoms with Crippen molar-refractivity contribution in [1.82, 2.24) is 44.9 Å². The lowest BCUT2D eigenvalue weighted by Gasteiger charge is -2.53. The Morgan fingerprint density at radius 1 is 0.923 bits per heavy atom. The number of aromatic amines is 1. The molecule has 2 fully saturated rings. The van der Waals surface area contributed by atoms with Crippen LogP contribution in [0.3, 0.4) is 0 Å². The fourth-order valence-electron chi connectivity index (χ4n) is 6.12. The molecule has 18 nitrogen and oxygen atoms in total. The number of carboxylic acids is 3. The van der Waals surface area contributed by atoms with E-state index in [0.717, 1.165) is 35.1 Å². The lowest BCUT2D eigenvalue weighted by Crippen LogP contribution is -2.65. The molecule has 1 aliphatic heterocycles. The SMILES string of the molecule is C[C@@H](O)CNCc1cc(OC2CCC(N3CC(CC#N)(n4cc(-c5ncnc6[nH]ccc56)cn4)C3)CC2)nc(C(F)(F)F)n1.O=C(O)C(F)(F)F.O=C(O)C(F)(F)F.O=C(O)C(F)(F)F. The van der Waals surface area contributed by atoms with Crippen molar-refractivity contribution in [3.63, 3.8) is 0 Å². The third kappa shape index (κ3) is 15.7. The predicted molar refractivity (Wildman–Crippen MR) is 193 cm³/mol. The molecule has 6 N–H and O–H groups in total. The number of carbonyl (C=O) groups is 3. The number of aromatic nitrogens is 7. The van der Waals surface area contributed by atoms with Crippen molar-refractivity contribution in [1.29, 1.82) is 5.26 Å². The molecule has 0 radical (unpaired) electrons. The molecule has 6 rings (SSSR count). The van der Waals surface area contributed by atoms with E-state index < -0.39 is 60.1 Å². The average Bonchev–Trinajstić information content (AvgIpc) is 3.87. The highest BCUT2D eigenvalue weighted by Crippen LogP contribution is 2.39. The number of likely N-dealkylation sites (tertiary alicyclic amines) is 1. The van der Waals surface area contributed by atoms with Crippen LogP contribution in [0, 0.1) is 11.3 Å². The molecule has 1 atom stereocenters. The number of hydrogen-bond donors (Lipinski definition) is 6. The van der Waals surface area contributed by atoms with E-state index in [1.54, 1.807) is 13.1 Å². The molecule has 1 aliphatic carbocycles. The first-order chi connectivity index (χ1) is 30.0. The van der Waals surface area contributed by atoms with Crippen LogP contribution in [0.25, 0.3) is 22.3 Å². The fourth-order valence-corrected chi connectivity index (χ4v) is 6.12. The summed E-state index contributed by atoms with van der Waals surface area (Å²) in [7, 11) is 0. The van der Waals surface area contributed by atoms with E-state index in [2.05, 4.69) is 46.3 Å². The molecule has 358 valence electrons. The van der Waals surface area contributed by atoms with E-state index in [0.29, 0.717) is 32.4 Å². The number of carboxylic acid groups (broad SMARTS) is 3. The Kier molecular flexibility index (Phi) is 17.6. The van der Waals surface area contributed by atoms with Gasteiger partial charge in [-0.15, -0.1) is 0 Å². The summed E-state index contributed by atoms with van der Waals surface area (Å²) in [5.74, 6) is -9.62. The monoisotopic (exact) mass is 952 g/mol. The number of nitrogens with one attached hydrogen (secondary N) is 2. The molecule has 0 unspecified atom stereocenters. The Hall–Kier alpha value is -6.35. The van der Waals surface area contributed by atoms with Crippen molar-refractivity contribution in [3.8, 4) is 23.2 Å². The Labute approximate surface area is 356 Å². The molecular formula is C35H36F12N10O8. The molecule has 0 amide bonds. The maximum absolute atomic E-state index is 13.5. The van der Waals surface area contributed by atoms with E-state index in [4.69, 9.17) is 34.4 Å². The van der Waals surface area contributed by atoms with E-state index >= 15 is 0 Å². The fraction of sp³-hybridized carbons (Fsp3) is 0.514. The molecule has 4 aromatic rings. The number of aliphatic carboxylic acids is 3. The summed E-state index contributed by atoms with van der Waals surface area (Å²) in [5, 5.41) is 48.9. The molecule has 0 aromatic carbocycles. The van der Waals surface area contributed by atoms with Crippen molar-refractivity contribution in [2.24, 2.45) is 0 Å². The second-order valence-electron chi connectivity index (χ2n) is 14.1. The number of aliphatic hydroxyl groups excluding tert-OH is 1. The van der Waals surface area contributed by atoms with Crippen LogP contribution in [0.15, 0.2) is 37.1 Å². The lowest BCUT2D eigenvalue weighted by atomic mass is 9.82. The van der Waals surface area contributed by atoms with Gasteiger partial charge in [-0.2, -0.15) is 68.0 Å². The first-order valence-electron chi connectivity index (χ1n) is 18.3. The Bertz CT molecular complexity index is 2200. The van der Waals surface area contributed by atoms with Gasteiger partial charge >= 0.3 is 42.6 Å². The summed E-state index contributed by atoms with van der Waals surface area (Å²) >= 11 is 0. The van der Waals surface area contributed by atoms with Crippen LogP contribution in [-0.4, -0.2) is 134 Å². The summed E-state index contributed by atoms with van der Waals surface area (Å²) < 4.78 is 143. The van der Waals surface area contributed by atoms with Gasteiger partial charge in [0.25, 0.3) is 0 Å². The zero-order valence-corrected chi connectivity index (χ0v) is 33.1. The largest absolute Gasteiger partial charge is 0.490 e. The maximum atomic E-state index is 13.5. The van der Waals surface area contributed by atoms with Crippen LogP contribution in [0.1, 0.15) is 50.5 Å². The number of fused-ring (bicyclic) bond motifs is 1. The smallest absolute Gasteiger partial charge is 0.475 e. The lowest BCUT2D eigenvalue weighted by molar-refractivity contribution is -0.193. The van der Waals surface area contributed by atoms with E-state index in [1.807, 2.05) is 23.1 Å². The number of H-pyrrole nitrogens is 1. The van der Waals surface area contributed by atoms with Gasteiger partial charge in [-0.05, 0) is 38.7 Å². The number of alkyl halides is 12. The number of hydrogen-bond acceptors (Lipinski definition) is 13. The summed E-state index contributed by atoms with van der Waals surface area (Å²) in [6, 6.07) is 5.95. The Morgan fingerprint density at radius 2 is 1.48 bits per heavy atom. The third-order valence-corrected chi connectivity index (χ3v) is 9.03. The molecule has 30 heteroatoms. The first-order valence-corrected chi connectivity index (χ1v) is 18.3. The van der Waals surface area contributed by atoms with Crippen molar-refractivity contribution < 1.29 is 92.2 Å². The topological polar surface area (TPSA) is 266 Å². The molecule has 5 heterocycles. The molecule has 0 spiro atoms. The van der Waals surface area contributed by atoms with Crippen molar-refractivity contribution in [3.05, 3.63) is 48.6 Å². The molecule has 0 bridgehead atoms. The van der Waals surface area contributed by atoms with Gasteiger partial charge in [-0.3, -0.25) is 9.58 Å². The minimum absolute atomic E-state index is 0.0479. The number of nitrogens with zero attached hydrogens (tertiary/aromatic N) is 8. The molecule has 4 aromatic heterocycles. The minimum Gasteiger partial charge on any atom is -0.475 e. The predicted octanol–water partition coefficient (Wildman–Crippen LogP) is 5.32. The number of nitriles is 1. The van der Waals surface area contributed by atoms with Gasteiger partial charge < -0.3 is 35.5 Å². The highest BCUT2D eigenvalue weighted by molar-refractivity contribution is 5.90. The zero-order chi connectivity index (χ0) is 49.1. The molecular weight excluding hydrogens is 916 g/mol. The van der Waals surface area contributed by atoms with Gasteiger partial charge in [0.15, 0.2) is 0 Å². The van der Waals surface area contributed by atoms with Gasteiger partial charge in [0.1, 0.15) is 23.6 Å². The third-order valence-electron chi connectivity index (χ3n) is 9.03. The van der Waals surface area contributed by atoms with Crippen molar-refractivity contribution in [2.45, 2.75) is 94.1 Å². The summed E-state index contributed by atoms with van der Waals surface area (Å²) in [6.07, 6.45) is -10.6. The summed E-state index contributed by atoms with van der Waals surface area (Å²) in [5.41, 5.74) is 2.07. The van der Waals surface area contributed by atoms with E-state index in [9.17, 15) is 63.1 Å². The number of ether oxygens (including phenoxy) is 1. The van der Waals surface area contributed by atoms with Crippen LogP contribution < -0.4 is 10.1 Å². The van der Waals surface area contributed by atoms with Gasteiger partial charge in [-0.1, -0.05) is 0 Å². The summed E-state index contributed by atoms with van der Waals surface area (Å²) in [6.45, 7) is 3.19. The second-order valence-corrected chi connectivity index (χ2v) is 14.1. The highest BCUT2D eigenvalue weighted by atomic mass is 19.4. The van der Waals surface area contributed by atoms with Gasteiger partial charge in [0, 0.05) is 61.6 Å². The standard InChI is InChI=1S/C29H33F3N10O2.3C2HF3O2/c1-18(43)11-34-13-20-10-24(40-27(39-20)29(30,31)32)44-22-4-2-21(3-5-22)41-15-28(16-41,7-8-33)42-14-19(12-38-42)25-23-6-9-35-26(23)37-17-36-25;3*3-2(4,5)1(6)7/h6,9-10,12,14,17-18,21-22,34,43H,2-5,7,11,13,15-16H2,1H3,(H,35,36,37);3*(H,6,7)/t18-,21?,22?;;;/m1.../s1. The van der Waals surface area contributed by atoms with Crippen LogP contribution in [-0.2, 0) is 32.6 Å². The minimum atomic E-state index is -5.08. The normalized spacial score (nSPS) is 17.9. The Morgan fingerprint density at radius 3 is 1.97 bits per heavy atom. The van der Waals surface area contributed by atoms with Crippen molar-refractivity contribution >= 4 is 28.9 Å². The number of aliphatic hydroxyl groups is 1. The van der Waals surface area contributed by atoms with Crippen LogP contribution >= 0.6 is 0 Å². The maximum Gasteiger partial charge on any atom is 0.490 e. The molecule has 1 saturated heterocycles. The average molecular weight is 953 g/mol. The molecule has 2 aliphatic rings. The van der Waals surface area contributed by atoms with E-state index in [1.165, 1.54) is 12.4 Å². The first kappa shape index (κ1) is 53.0. The molecule has 65 heavy (non-hydrogen) atoms. The highest BCUT2D eigenvalue weighted by Gasteiger charge is 2.48. The number of rotatable bonds is 10. The van der Waals surface area contributed by atoms with Crippen LogP contribution in [0.2, 0.25) is 0 Å². The molecule has 1 saturated carbocycles. The quantitative estimate of drug-likeness (QED) is 0.110. The van der Waals surface area contributed by atoms with Crippen molar-refractivity contribution in [2.75, 3.05) is 19.6 Å². The van der Waals surface area contributed by atoms with Gasteiger partial charge in [0.2, 0.25) is 11.7 Å². The summed E-state index contributed by atoms with van der Waals surface area (Å²) in [4.78, 5) is 48.1. The zero-order valence-electron chi connectivity index (χ0n) is 33.1. The van der Waals surface area contributed by atoms with Crippen LogP contribution in [0.4, 0.5) is 52.7 Å². The Balaban J connectivity index is 0.000000443. The van der Waals surface area contributed by atoms with Gasteiger partial charge in [0.05, 0.1) is 36.2 Å². The van der Waals surface area contributed by atoms with Gasteiger partial charge in [-0.25, -0.2) is 29.3 Å². The second kappa shape index (κ2) is 21.6. The van der Waals surface area contributed by atoms with E-state index in [-0.39, 0.29) is 36.8 Å². The van der Waals surface area contributed by atoms with Crippen LogP contribution in [0.5, 0.6) is 5.88 Å². The number of halogens is 12.